The van der Waals surface area contributed by atoms with Crippen molar-refractivity contribution in [2.24, 2.45) is 0 Å². The van der Waals surface area contributed by atoms with Crippen LogP contribution in [0.1, 0.15) is 12.5 Å². The van der Waals surface area contributed by atoms with Crippen LogP contribution in [-0.2, 0) is 0 Å². The Labute approximate surface area is 168 Å². The summed E-state index contributed by atoms with van der Waals surface area (Å²) in [4.78, 5) is 0. The van der Waals surface area contributed by atoms with Crippen LogP contribution in [0, 0.1) is 0 Å². The van der Waals surface area contributed by atoms with Crippen molar-refractivity contribution in [2.45, 2.75) is 6.92 Å². The molecule has 0 saturated heterocycles. The largest absolute Gasteiger partial charge is 0.135 e. The Morgan fingerprint density at radius 3 is 2.25 bits per heavy atom. The summed E-state index contributed by atoms with van der Waals surface area (Å²) in [5.41, 5.74) is 5.06. The van der Waals surface area contributed by atoms with Crippen molar-refractivity contribution < 1.29 is 0 Å². The van der Waals surface area contributed by atoms with E-state index >= 15 is 0 Å². The summed E-state index contributed by atoms with van der Waals surface area (Å²) in [7, 11) is 0. The van der Waals surface area contributed by atoms with E-state index in [0.29, 0.717) is 0 Å². The van der Waals surface area contributed by atoms with E-state index in [1.54, 1.807) is 0 Å². The molecule has 1 aromatic heterocycles. The second kappa shape index (κ2) is 6.78. The van der Waals surface area contributed by atoms with Gasteiger partial charge in [-0.05, 0) is 51.8 Å². The molecule has 0 nitrogen and oxygen atoms in total. The van der Waals surface area contributed by atoms with Crippen LogP contribution in [-0.4, -0.2) is 0 Å². The highest BCUT2D eigenvalue weighted by Gasteiger charge is 2.10. The maximum absolute atomic E-state index is 4.17. The molecule has 0 aliphatic rings. The Hall–Kier alpha value is -3.16. The Bertz CT molecular complexity index is 1420. The van der Waals surface area contributed by atoms with Crippen molar-refractivity contribution in [3.8, 4) is 11.1 Å². The van der Waals surface area contributed by atoms with E-state index in [1.807, 2.05) is 17.4 Å². The lowest BCUT2D eigenvalue weighted by Gasteiger charge is -2.08. The molecule has 0 atom stereocenters. The lowest BCUT2D eigenvalue weighted by molar-refractivity contribution is 1.45. The van der Waals surface area contributed by atoms with Gasteiger partial charge in [-0.25, -0.2) is 0 Å². The Balaban J connectivity index is 1.67. The minimum Gasteiger partial charge on any atom is -0.135 e. The fraction of sp³-hybridized carbons (Fsp3) is 0.0370. The molecule has 0 aliphatic heterocycles. The second-order valence-electron chi connectivity index (χ2n) is 7.14. The Morgan fingerprint density at radius 1 is 0.714 bits per heavy atom. The van der Waals surface area contributed by atoms with Gasteiger partial charge < -0.3 is 0 Å². The molecular formula is C27H20S. The Kier molecular flexibility index (Phi) is 4.11. The maximum Gasteiger partial charge on any atom is 0.0361 e. The molecule has 0 spiro atoms. The van der Waals surface area contributed by atoms with Gasteiger partial charge in [0.25, 0.3) is 0 Å². The minimum atomic E-state index is 1.07. The average molecular weight is 377 g/mol. The zero-order chi connectivity index (χ0) is 19.1. The molecule has 134 valence electrons. The Morgan fingerprint density at radius 2 is 1.43 bits per heavy atom. The third-order valence-electron chi connectivity index (χ3n) is 5.45. The minimum absolute atomic E-state index is 1.07. The normalized spacial score (nSPS) is 12.5. The first-order valence-electron chi connectivity index (χ1n) is 9.48. The van der Waals surface area contributed by atoms with Gasteiger partial charge >= 0.3 is 0 Å². The van der Waals surface area contributed by atoms with Crippen LogP contribution < -0.4 is 10.4 Å². The lowest BCUT2D eigenvalue weighted by Crippen LogP contribution is -2.24. The number of rotatable bonds is 2. The number of benzene rings is 4. The van der Waals surface area contributed by atoms with Crippen LogP contribution in [0.4, 0.5) is 0 Å². The summed E-state index contributed by atoms with van der Waals surface area (Å²) in [5, 5.41) is 4.98. The van der Waals surface area contributed by atoms with Gasteiger partial charge in [-0.1, -0.05) is 85.4 Å². The van der Waals surface area contributed by atoms with Crippen molar-refractivity contribution in [1.29, 1.82) is 0 Å². The molecule has 28 heavy (non-hydrogen) atoms. The SMILES string of the molecule is C=c1cccc/c1=C(/C)c1ccc(-c2cccc3sc4ccccc4c23)cc1. The highest BCUT2D eigenvalue weighted by molar-refractivity contribution is 7.25. The average Bonchev–Trinajstić information content (AvgIpc) is 3.12. The summed E-state index contributed by atoms with van der Waals surface area (Å²) in [6, 6.07) is 32.6. The fourth-order valence-electron chi connectivity index (χ4n) is 3.96. The van der Waals surface area contributed by atoms with E-state index in [-0.39, 0.29) is 0 Å². The van der Waals surface area contributed by atoms with Gasteiger partial charge in [-0.3, -0.25) is 0 Å². The van der Waals surface area contributed by atoms with Crippen molar-refractivity contribution in [3.05, 3.63) is 107 Å². The van der Waals surface area contributed by atoms with Crippen molar-refractivity contribution in [2.75, 3.05) is 0 Å². The monoisotopic (exact) mass is 376 g/mol. The fourth-order valence-corrected chi connectivity index (χ4v) is 5.09. The number of fused-ring (bicyclic) bond motifs is 3. The predicted molar refractivity (Wildman–Crippen MR) is 124 cm³/mol. The summed E-state index contributed by atoms with van der Waals surface area (Å²) in [6.07, 6.45) is 0. The molecule has 0 unspecified atom stereocenters. The van der Waals surface area contributed by atoms with Gasteiger partial charge in [0, 0.05) is 20.2 Å². The molecule has 0 aliphatic carbocycles. The molecule has 1 heteroatoms. The molecule has 5 rings (SSSR count). The third kappa shape index (κ3) is 2.76. The van der Waals surface area contributed by atoms with Gasteiger partial charge in [0.1, 0.15) is 0 Å². The molecule has 1 heterocycles. The van der Waals surface area contributed by atoms with Crippen LogP contribution in [0.5, 0.6) is 0 Å². The smallest absolute Gasteiger partial charge is 0.0361 e. The van der Waals surface area contributed by atoms with Crippen LogP contribution in [0.25, 0.3) is 43.5 Å². The molecule has 0 radical (unpaired) electrons. The van der Waals surface area contributed by atoms with Crippen LogP contribution in [0.3, 0.4) is 0 Å². The van der Waals surface area contributed by atoms with Gasteiger partial charge in [0.15, 0.2) is 0 Å². The quantitative estimate of drug-likeness (QED) is 0.337. The zero-order valence-corrected chi connectivity index (χ0v) is 16.6. The van der Waals surface area contributed by atoms with Crippen LogP contribution in [0.15, 0.2) is 91.0 Å². The number of hydrogen-bond donors (Lipinski definition) is 0. The summed E-state index contributed by atoms with van der Waals surface area (Å²) in [5.74, 6) is 0. The number of thiophene rings is 1. The van der Waals surface area contributed by atoms with E-state index in [4.69, 9.17) is 0 Å². The molecule has 0 fully saturated rings. The third-order valence-corrected chi connectivity index (χ3v) is 6.59. The topological polar surface area (TPSA) is 0 Å². The summed E-state index contributed by atoms with van der Waals surface area (Å²) in [6.45, 7) is 6.34. The predicted octanol–water partition coefficient (Wildman–Crippen LogP) is 6.35. The first kappa shape index (κ1) is 17.0. The van der Waals surface area contributed by atoms with Gasteiger partial charge in [-0.2, -0.15) is 0 Å². The second-order valence-corrected chi connectivity index (χ2v) is 8.22. The molecule has 0 bridgehead atoms. The molecule has 4 aromatic carbocycles. The molecular weight excluding hydrogens is 356 g/mol. The van der Waals surface area contributed by atoms with Crippen molar-refractivity contribution in [1.82, 2.24) is 0 Å². The molecule has 0 amide bonds. The summed E-state index contributed by atoms with van der Waals surface area (Å²) >= 11 is 1.87. The van der Waals surface area contributed by atoms with E-state index in [9.17, 15) is 0 Å². The highest BCUT2D eigenvalue weighted by Crippen LogP contribution is 2.39. The first-order chi connectivity index (χ1) is 13.7. The van der Waals surface area contributed by atoms with Crippen LogP contribution in [0.2, 0.25) is 0 Å². The lowest BCUT2D eigenvalue weighted by atomic mass is 9.96. The van der Waals surface area contributed by atoms with Gasteiger partial charge in [-0.15, -0.1) is 11.3 Å². The van der Waals surface area contributed by atoms with E-state index in [1.165, 1.54) is 47.7 Å². The standard InChI is InChI=1S/C27H20S/c1-18-8-3-4-9-22(18)19(2)20-14-16-21(17-15-20)23-11-7-13-26-27(23)24-10-5-6-12-25(24)28-26/h3-17H,1H2,2H3/b22-19+. The molecule has 0 N–H and O–H groups in total. The maximum atomic E-state index is 4.17. The van der Waals surface area contributed by atoms with Crippen LogP contribution >= 0.6 is 11.3 Å². The molecule has 0 saturated carbocycles. The highest BCUT2D eigenvalue weighted by atomic mass is 32.1. The van der Waals surface area contributed by atoms with E-state index < -0.39 is 0 Å². The van der Waals surface area contributed by atoms with Gasteiger partial charge in [0.05, 0.1) is 0 Å². The van der Waals surface area contributed by atoms with Crippen molar-refractivity contribution in [3.63, 3.8) is 0 Å². The number of hydrogen-bond acceptors (Lipinski definition) is 1. The zero-order valence-electron chi connectivity index (χ0n) is 15.8. The first-order valence-corrected chi connectivity index (χ1v) is 10.3. The summed E-state index contributed by atoms with van der Waals surface area (Å²) < 4.78 is 2.69. The van der Waals surface area contributed by atoms with Gasteiger partial charge in [0.2, 0.25) is 0 Å². The van der Waals surface area contributed by atoms with Crippen molar-refractivity contribution >= 4 is 43.7 Å². The van der Waals surface area contributed by atoms with E-state index in [0.717, 1.165) is 5.22 Å². The molecule has 5 aromatic rings. The van der Waals surface area contributed by atoms with E-state index in [2.05, 4.69) is 98.4 Å².